The largest absolute Gasteiger partial charge is 0.504 e. The summed E-state index contributed by atoms with van der Waals surface area (Å²) in [5.74, 6) is -1.43. The van der Waals surface area contributed by atoms with Crippen molar-refractivity contribution >= 4 is 34.8 Å². The summed E-state index contributed by atoms with van der Waals surface area (Å²) in [5, 5.41) is 12.2. The topological polar surface area (TPSA) is 58.6 Å². The summed E-state index contributed by atoms with van der Waals surface area (Å²) in [6.45, 7) is 0. The van der Waals surface area contributed by atoms with E-state index in [1.54, 1.807) is 6.07 Å². The lowest BCUT2D eigenvalue weighted by molar-refractivity contribution is 0.102. The molecule has 0 atom stereocenters. The summed E-state index contributed by atoms with van der Waals surface area (Å²) in [5.41, 5.74) is 0.0396. The maximum absolute atomic E-state index is 13.1. The number of para-hydroxylation sites is 1. The summed E-state index contributed by atoms with van der Waals surface area (Å²) >= 11 is 11.7. The summed E-state index contributed by atoms with van der Waals surface area (Å²) in [7, 11) is 1.37. The average Bonchev–Trinajstić information content (AvgIpc) is 2.42. The Labute approximate surface area is 130 Å². The van der Waals surface area contributed by atoms with E-state index in [-0.39, 0.29) is 32.8 Å². The average molecular weight is 330 g/mol. The fourth-order valence-corrected chi connectivity index (χ4v) is 2.27. The van der Waals surface area contributed by atoms with Gasteiger partial charge in [-0.25, -0.2) is 4.39 Å². The molecule has 0 aliphatic heterocycles. The molecular formula is C14H10Cl2FNO3. The van der Waals surface area contributed by atoms with Crippen LogP contribution in [-0.4, -0.2) is 18.1 Å². The fourth-order valence-electron chi connectivity index (χ4n) is 1.71. The van der Waals surface area contributed by atoms with Crippen LogP contribution in [0.1, 0.15) is 10.4 Å². The number of hydrogen-bond acceptors (Lipinski definition) is 3. The van der Waals surface area contributed by atoms with Crippen molar-refractivity contribution in [1.29, 1.82) is 0 Å². The van der Waals surface area contributed by atoms with Gasteiger partial charge in [-0.3, -0.25) is 4.79 Å². The Morgan fingerprint density at radius 2 is 1.90 bits per heavy atom. The number of methoxy groups -OCH3 is 1. The molecule has 0 unspecified atom stereocenters. The summed E-state index contributed by atoms with van der Waals surface area (Å²) in [6, 6.07) is 6.49. The minimum absolute atomic E-state index is 0.0224. The highest BCUT2D eigenvalue weighted by molar-refractivity contribution is 6.40. The Balaban J connectivity index is 2.35. The van der Waals surface area contributed by atoms with Crippen molar-refractivity contribution in [2.75, 3.05) is 12.4 Å². The van der Waals surface area contributed by atoms with Gasteiger partial charge < -0.3 is 15.2 Å². The first-order chi connectivity index (χ1) is 9.93. The maximum atomic E-state index is 13.1. The predicted molar refractivity (Wildman–Crippen MR) is 79.0 cm³/mol. The Kier molecular flexibility index (Phi) is 4.55. The molecule has 2 aromatic carbocycles. The SMILES string of the molecule is COc1cccc(C(=O)Nc2c(Cl)cc(F)cc2Cl)c1O. The van der Waals surface area contributed by atoms with Crippen molar-refractivity contribution in [2.24, 2.45) is 0 Å². The first kappa shape index (κ1) is 15.4. The van der Waals surface area contributed by atoms with E-state index in [1.807, 2.05) is 0 Å². The third-order valence-electron chi connectivity index (χ3n) is 2.71. The number of rotatable bonds is 3. The van der Waals surface area contributed by atoms with Crippen LogP contribution in [0.5, 0.6) is 11.5 Å². The number of carbonyl (C=O) groups is 1. The highest BCUT2D eigenvalue weighted by Gasteiger charge is 2.17. The molecule has 2 aromatic rings. The molecule has 2 rings (SSSR count). The number of halogens is 3. The molecule has 0 bridgehead atoms. The quantitative estimate of drug-likeness (QED) is 0.891. The third-order valence-corrected chi connectivity index (χ3v) is 3.31. The monoisotopic (exact) mass is 329 g/mol. The lowest BCUT2D eigenvalue weighted by Crippen LogP contribution is -2.13. The second kappa shape index (κ2) is 6.20. The van der Waals surface area contributed by atoms with E-state index in [0.717, 1.165) is 12.1 Å². The minimum atomic E-state index is -0.651. The molecule has 1 amide bonds. The molecule has 110 valence electrons. The van der Waals surface area contributed by atoms with E-state index in [1.165, 1.54) is 19.2 Å². The lowest BCUT2D eigenvalue weighted by atomic mass is 10.1. The van der Waals surface area contributed by atoms with Crippen molar-refractivity contribution < 1.29 is 19.0 Å². The zero-order valence-corrected chi connectivity index (χ0v) is 12.3. The van der Waals surface area contributed by atoms with Gasteiger partial charge in [-0.1, -0.05) is 29.3 Å². The van der Waals surface area contributed by atoms with Crippen LogP contribution < -0.4 is 10.1 Å². The summed E-state index contributed by atoms with van der Waals surface area (Å²) < 4.78 is 18.0. The number of benzene rings is 2. The van der Waals surface area contributed by atoms with Crippen molar-refractivity contribution in [2.45, 2.75) is 0 Å². The molecule has 0 fully saturated rings. The molecule has 0 spiro atoms. The van der Waals surface area contributed by atoms with Crippen molar-refractivity contribution in [3.63, 3.8) is 0 Å². The van der Waals surface area contributed by atoms with Crippen LogP contribution in [-0.2, 0) is 0 Å². The van der Waals surface area contributed by atoms with Gasteiger partial charge in [0, 0.05) is 0 Å². The fraction of sp³-hybridized carbons (Fsp3) is 0.0714. The van der Waals surface area contributed by atoms with E-state index in [2.05, 4.69) is 5.32 Å². The molecular weight excluding hydrogens is 320 g/mol. The maximum Gasteiger partial charge on any atom is 0.259 e. The van der Waals surface area contributed by atoms with E-state index in [0.29, 0.717) is 0 Å². The second-order valence-electron chi connectivity index (χ2n) is 4.05. The Bertz CT molecular complexity index is 684. The normalized spacial score (nSPS) is 10.3. The Hall–Kier alpha value is -1.98. The molecule has 0 aromatic heterocycles. The van der Waals surface area contributed by atoms with Crippen molar-refractivity contribution in [1.82, 2.24) is 0 Å². The number of aromatic hydroxyl groups is 1. The number of nitrogens with one attached hydrogen (secondary N) is 1. The number of ether oxygens (including phenoxy) is 1. The Morgan fingerprint density at radius 3 is 2.48 bits per heavy atom. The Morgan fingerprint density at radius 1 is 1.29 bits per heavy atom. The molecule has 0 heterocycles. The minimum Gasteiger partial charge on any atom is -0.504 e. The van der Waals surface area contributed by atoms with Gasteiger partial charge in [0.1, 0.15) is 5.82 Å². The highest BCUT2D eigenvalue weighted by Crippen LogP contribution is 2.34. The first-order valence-corrected chi connectivity index (χ1v) is 6.51. The van der Waals surface area contributed by atoms with Crippen LogP contribution >= 0.6 is 23.2 Å². The summed E-state index contributed by atoms with van der Waals surface area (Å²) in [6.07, 6.45) is 0. The molecule has 7 heteroatoms. The number of amides is 1. The first-order valence-electron chi connectivity index (χ1n) is 5.76. The smallest absolute Gasteiger partial charge is 0.259 e. The molecule has 0 saturated carbocycles. The van der Waals surface area contributed by atoms with Gasteiger partial charge in [-0.2, -0.15) is 0 Å². The van der Waals surface area contributed by atoms with Crippen molar-refractivity contribution in [3.05, 3.63) is 51.8 Å². The third kappa shape index (κ3) is 3.20. The van der Waals surface area contributed by atoms with Gasteiger partial charge in [-0.05, 0) is 24.3 Å². The number of hydrogen-bond donors (Lipinski definition) is 2. The number of phenolic OH excluding ortho intramolecular Hbond substituents is 1. The van der Waals surface area contributed by atoms with Gasteiger partial charge in [0.05, 0.1) is 28.4 Å². The van der Waals surface area contributed by atoms with E-state index in [4.69, 9.17) is 27.9 Å². The van der Waals surface area contributed by atoms with Crippen LogP contribution in [0.3, 0.4) is 0 Å². The number of anilines is 1. The van der Waals surface area contributed by atoms with Crippen LogP contribution in [0.25, 0.3) is 0 Å². The number of carbonyl (C=O) groups excluding carboxylic acids is 1. The molecule has 21 heavy (non-hydrogen) atoms. The predicted octanol–water partition coefficient (Wildman–Crippen LogP) is 4.10. The standard InChI is InChI=1S/C14H10Cl2FNO3/c1-21-11-4-2-3-8(13(11)19)14(20)18-12-9(15)5-7(17)6-10(12)16/h2-6,19H,1H3,(H,18,20). The van der Waals surface area contributed by atoms with E-state index < -0.39 is 11.7 Å². The zero-order chi connectivity index (χ0) is 15.6. The van der Waals surface area contributed by atoms with Gasteiger partial charge in [-0.15, -0.1) is 0 Å². The van der Waals surface area contributed by atoms with Gasteiger partial charge >= 0.3 is 0 Å². The summed E-state index contributed by atoms with van der Waals surface area (Å²) in [4.78, 5) is 12.2. The van der Waals surface area contributed by atoms with Crippen LogP contribution in [0, 0.1) is 5.82 Å². The van der Waals surface area contributed by atoms with Gasteiger partial charge in [0.2, 0.25) is 0 Å². The lowest BCUT2D eigenvalue weighted by Gasteiger charge is -2.11. The highest BCUT2D eigenvalue weighted by atomic mass is 35.5. The molecule has 0 radical (unpaired) electrons. The molecule has 0 saturated heterocycles. The van der Waals surface area contributed by atoms with Gasteiger partial charge in [0.15, 0.2) is 11.5 Å². The molecule has 0 aliphatic carbocycles. The number of phenols is 1. The second-order valence-corrected chi connectivity index (χ2v) is 4.87. The molecule has 4 nitrogen and oxygen atoms in total. The van der Waals surface area contributed by atoms with Crippen LogP contribution in [0.2, 0.25) is 10.0 Å². The van der Waals surface area contributed by atoms with Crippen LogP contribution in [0.4, 0.5) is 10.1 Å². The van der Waals surface area contributed by atoms with E-state index in [9.17, 15) is 14.3 Å². The van der Waals surface area contributed by atoms with E-state index >= 15 is 0 Å². The van der Waals surface area contributed by atoms with Crippen LogP contribution in [0.15, 0.2) is 30.3 Å². The molecule has 2 N–H and O–H groups in total. The zero-order valence-electron chi connectivity index (χ0n) is 10.8. The van der Waals surface area contributed by atoms with Gasteiger partial charge in [0.25, 0.3) is 5.91 Å². The molecule has 0 aliphatic rings. The van der Waals surface area contributed by atoms with Crippen molar-refractivity contribution in [3.8, 4) is 11.5 Å².